The van der Waals surface area contributed by atoms with Crippen molar-refractivity contribution in [2.24, 2.45) is 0 Å². The first-order valence-corrected chi connectivity index (χ1v) is 3.08. The van der Waals surface area contributed by atoms with E-state index in [0.29, 0.717) is 0 Å². The molecule has 0 aromatic carbocycles. The van der Waals surface area contributed by atoms with Crippen LogP contribution in [0.25, 0.3) is 0 Å². The largest absolute Gasteiger partial charge is 0.350 e. The Hall–Kier alpha value is -0.0800. The van der Waals surface area contributed by atoms with E-state index in [-0.39, 0.29) is 12.4 Å². The molecule has 0 aliphatic carbocycles. The van der Waals surface area contributed by atoms with Gasteiger partial charge in [-0.05, 0) is 27.7 Å². The number of rotatable bonds is 4. The van der Waals surface area contributed by atoms with Gasteiger partial charge in [-0.25, -0.2) is 0 Å². The van der Waals surface area contributed by atoms with Gasteiger partial charge in [0.05, 0.1) is 12.7 Å². The summed E-state index contributed by atoms with van der Waals surface area (Å²) in [6.07, 6.45) is -0.192. The third kappa shape index (κ3) is 5.80. The highest BCUT2D eigenvalue weighted by molar-refractivity contribution is 4.50. The van der Waals surface area contributed by atoms with Crippen molar-refractivity contribution in [1.29, 1.82) is 0 Å². The van der Waals surface area contributed by atoms with Gasteiger partial charge < -0.3 is 9.47 Å². The topological polar surface area (TPSA) is 18.5 Å². The molecule has 0 bridgehead atoms. The molecule has 0 aliphatic rings. The van der Waals surface area contributed by atoms with Crippen molar-refractivity contribution in [3.63, 3.8) is 0 Å². The van der Waals surface area contributed by atoms with Gasteiger partial charge in [0.1, 0.15) is 0 Å². The fourth-order valence-corrected chi connectivity index (χ4v) is 0.551. The molecule has 0 N–H and O–H groups in total. The van der Waals surface area contributed by atoms with Crippen LogP contribution < -0.4 is 0 Å². The van der Waals surface area contributed by atoms with Gasteiger partial charge in [-0.15, -0.1) is 0 Å². The van der Waals surface area contributed by atoms with E-state index in [9.17, 15) is 0 Å². The molecule has 0 fully saturated rings. The standard InChI is InChI=1S/C7H14O2/c1-5-8-7(4)9-6(2)3/h5-7H,2H2,1,3-4H3. The summed E-state index contributed by atoms with van der Waals surface area (Å²) in [5.41, 5.74) is 0. The quantitative estimate of drug-likeness (QED) is 0.540. The first-order chi connectivity index (χ1) is 4.16. The monoisotopic (exact) mass is 130 g/mol. The molecule has 2 nitrogen and oxygen atoms in total. The lowest BCUT2D eigenvalue weighted by atomic mass is 10.5. The molecule has 2 radical (unpaired) electrons. The summed E-state index contributed by atoms with van der Waals surface area (Å²) in [6, 6.07) is 0. The van der Waals surface area contributed by atoms with E-state index >= 15 is 0 Å². The average molecular weight is 130 g/mol. The summed E-state index contributed by atoms with van der Waals surface area (Å²) >= 11 is 0. The van der Waals surface area contributed by atoms with E-state index in [1.807, 2.05) is 20.8 Å². The molecule has 0 amide bonds. The zero-order chi connectivity index (χ0) is 7.28. The van der Waals surface area contributed by atoms with E-state index in [4.69, 9.17) is 9.47 Å². The van der Waals surface area contributed by atoms with Gasteiger partial charge >= 0.3 is 0 Å². The molecule has 0 saturated heterocycles. The van der Waals surface area contributed by atoms with E-state index in [2.05, 4.69) is 6.92 Å². The van der Waals surface area contributed by atoms with E-state index < -0.39 is 0 Å². The third-order valence-corrected chi connectivity index (χ3v) is 0.752. The molecular weight excluding hydrogens is 116 g/mol. The molecule has 2 unspecified atom stereocenters. The molecule has 0 aliphatic heterocycles. The maximum absolute atomic E-state index is 5.13. The molecular formula is C7H14O2. The summed E-state index contributed by atoms with van der Waals surface area (Å²) in [5, 5.41) is 0. The van der Waals surface area contributed by atoms with Gasteiger partial charge in [-0.1, -0.05) is 0 Å². The van der Waals surface area contributed by atoms with Gasteiger partial charge in [0.25, 0.3) is 0 Å². The Kier molecular flexibility index (Phi) is 4.72. The number of ether oxygens (including phenoxy) is 2. The predicted molar refractivity (Wildman–Crippen MR) is 36.4 cm³/mol. The maximum Gasteiger partial charge on any atom is 0.155 e. The van der Waals surface area contributed by atoms with Crippen molar-refractivity contribution >= 4 is 0 Å². The van der Waals surface area contributed by atoms with E-state index in [0.717, 1.165) is 0 Å². The molecule has 0 saturated carbocycles. The summed E-state index contributed by atoms with van der Waals surface area (Å²) in [4.78, 5) is 0. The number of hydrogen-bond donors (Lipinski definition) is 0. The molecule has 0 heterocycles. The summed E-state index contributed by atoms with van der Waals surface area (Å²) in [6.45, 7) is 10.8. The van der Waals surface area contributed by atoms with Gasteiger partial charge in [0, 0.05) is 0 Å². The Bertz CT molecular complexity index is 61.9. The van der Waals surface area contributed by atoms with Gasteiger partial charge in [-0.2, -0.15) is 0 Å². The molecule has 0 aromatic rings. The molecule has 2 atom stereocenters. The third-order valence-electron chi connectivity index (χ3n) is 0.752. The molecule has 9 heavy (non-hydrogen) atoms. The van der Waals surface area contributed by atoms with Crippen LogP contribution in [0.4, 0.5) is 0 Å². The van der Waals surface area contributed by atoms with Crippen LogP contribution in [0.2, 0.25) is 0 Å². The number of hydrogen-bond acceptors (Lipinski definition) is 2. The SMILES string of the molecule is [CH2]C(C)OC(C)O[CH]C. The van der Waals surface area contributed by atoms with Crippen LogP contribution in [0, 0.1) is 13.5 Å². The molecule has 2 heteroatoms. The lowest BCUT2D eigenvalue weighted by Crippen LogP contribution is -2.16. The maximum atomic E-state index is 5.13. The van der Waals surface area contributed by atoms with Gasteiger partial charge in [-0.3, -0.25) is 0 Å². The molecule has 54 valence electrons. The minimum Gasteiger partial charge on any atom is -0.350 e. The smallest absolute Gasteiger partial charge is 0.155 e. The lowest BCUT2D eigenvalue weighted by Gasteiger charge is -2.14. The van der Waals surface area contributed by atoms with Crippen LogP contribution in [-0.2, 0) is 9.47 Å². The first-order valence-electron chi connectivity index (χ1n) is 3.08. The second-order valence-electron chi connectivity index (χ2n) is 1.89. The second kappa shape index (κ2) is 4.77. The zero-order valence-corrected chi connectivity index (χ0v) is 6.26. The normalized spacial score (nSPS) is 14.3. The summed E-state index contributed by atoms with van der Waals surface area (Å²) < 4.78 is 10.1. The predicted octanol–water partition coefficient (Wildman–Crippen LogP) is 1.77. The molecule has 0 rings (SSSR count). The van der Waals surface area contributed by atoms with Gasteiger partial charge in [0.2, 0.25) is 0 Å². The van der Waals surface area contributed by atoms with E-state index in [1.165, 1.54) is 0 Å². The van der Waals surface area contributed by atoms with E-state index in [1.54, 1.807) is 6.61 Å². The fraction of sp³-hybridized carbons (Fsp3) is 0.714. The van der Waals surface area contributed by atoms with Crippen molar-refractivity contribution in [2.45, 2.75) is 33.2 Å². The van der Waals surface area contributed by atoms with Crippen LogP contribution in [0.15, 0.2) is 0 Å². The Balaban J connectivity index is 3.15. The van der Waals surface area contributed by atoms with Crippen molar-refractivity contribution in [1.82, 2.24) is 0 Å². The first kappa shape index (κ1) is 8.92. The van der Waals surface area contributed by atoms with Crippen LogP contribution in [0.1, 0.15) is 20.8 Å². The molecule has 0 aromatic heterocycles. The van der Waals surface area contributed by atoms with Crippen molar-refractivity contribution in [2.75, 3.05) is 0 Å². The van der Waals surface area contributed by atoms with Crippen LogP contribution in [0.5, 0.6) is 0 Å². The molecule has 0 spiro atoms. The Morgan fingerprint density at radius 2 is 2.00 bits per heavy atom. The van der Waals surface area contributed by atoms with Crippen molar-refractivity contribution in [3.05, 3.63) is 13.5 Å². The van der Waals surface area contributed by atoms with Gasteiger partial charge in [0.15, 0.2) is 6.29 Å². The van der Waals surface area contributed by atoms with Crippen molar-refractivity contribution in [3.8, 4) is 0 Å². The highest BCUT2D eigenvalue weighted by atomic mass is 16.7. The lowest BCUT2D eigenvalue weighted by molar-refractivity contribution is -0.123. The Morgan fingerprint density at radius 3 is 2.33 bits per heavy atom. The Morgan fingerprint density at radius 1 is 1.44 bits per heavy atom. The summed E-state index contributed by atoms with van der Waals surface area (Å²) in [5.74, 6) is 0. The van der Waals surface area contributed by atoms with Crippen LogP contribution in [0.3, 0.4) is 0 Å². The minimum absolute atomic E-state index is 0.0139. The highest BCUT2D eigenvalue weighted by Gasteiger charge is 2.01. The zero-order valence-electron chi connectivity index (χ0n) is 6.26. The second-order valence-corrected chi connectivity index (χ2v) is 1.89. The van der Waals surface area contributed by atoms with Crippen LogP contribution >= 0.6 is 0 Å². The minimum atomic E-state index is -0.178. The fourth-order valence-electron chi connectivity index (χ4n) is 0.551. The average Bonchev–Trinajstić information content (AvgIpc) is 1.63. The highest BCUT2D eigenvalue weighted by Crippen LogP contribution is 1.98. The van der Waals surface area contributed by atoms with Crippen LogP contribution in [-0.4, -0.2) is 12.4 Å². The Labute approximate surface area is 57.2 Å². The summed E-state index contributed by atoms with van der Waals surface area (Å²) in [7, 11) is 0. The van der Waals surface area contributed by atoms with Crippen molar-refractivity contribution < 1.29 is 9.47 Å².